The van der Waals surface area contributed by atoms with Gasteiger partial charge < -0.3 is 10.0 Å². The Morgan fingerprint density at radius 3 is 2.77 bits per heavy atom. The summed E-state index contributed by atoms with van der Waals surface area (Å²) in [6.07, 6.45) is 3.26. The molecule has 5 nitrogen and oxygen atoms in total. The van der Waals surface area contributed by atoms with Crippen LogP contribution in [0.15, 0.2) is 42.6 Å². The van der Waals surface area contributed by atoms with Crippen molar-refractivity contribution in [2.75, 3.05) is 26.2 Å². The van der Waals surface area contributed by atoms with Crippen molar-refractivity contribution in [3.8, 4) is 0 Å². The molecule has 1 fully saturated rings. The van der Waals surface area contributed by atoms with E-state index < -0.39 is 5.60 Å². The lowest BCUT2D eigenvalue weighted by atomic mass is 9.97. The molecule has 5 heteroatoms. The third-order valence-electron chi connectivity index (χ3n) is 5.51. The van der Waals surface area contributed by atoms with E-state index in [0.717, 1.165) is 25.2 Å². The molecule has 1 N–H and O–H groups in total. The Kier molecular flexibility index (Phi) is 4.51. The number of aryl methyl sites for hydroxylation is 1. The van der Waals surface area contributed by atoms with Gasteiger partial charge in [0.05, 0.1) is 17.7 Å². The van der Waals surface area contributed by atoms with Crippen LogP contribution in [0.4, 0.5) is 0 Å². The summed E-state index contributed by atoms with van der Waals surface area (Å²) in [7, 11) is 0. The highest BCUT2D eigenvalue weighted by atomic mass is 16.3. The second-order valence-electron chi connectivity index (χ2n) is 7.62. The molecule has 1 aromatic carbocycles. The molecule has 1 saturated heterocycles. The van der Waals surface area contributed by atoms with E-state index in [4.69, 9.17) is 0 Å². The molecule has 26 heavy (non-hydrogen) atoms. The number of benzene rings is 1. The number of aromatic nitrogens is 1. The Balaban J connectivity index is 1.39. The van der Waals surface area contributed by atoms with E-state index in [1.54, 1.807) is 11.1 Å². The van der Waals surface area contributed by atoms with Crippen LogP contribution in [0.3, 0.4) is 0 Å². The molecule has 0 bridgehead atoms. The van der Waals surface area contributed by atoms with E-state index >= 15 is 0 Å². The fourth-order valence-corrected chi connectivity index (χ4v) is 4.04. The van der Waals surface area contributed by atoms with Crippen molar-refractivity contribution in [3.05, 3.63) is 65.0 Å². The Labute approximate surface area is 154 Å². The predicted octanol–water partition coefficient (Wildman–Crippen LogP) is 2.03. The third-order valence-corrected chi connectivity index (χ3v) is 5.51. The minimum atomic E-state index is -0.833. The number of fused-ring (bicyclic) bond motifs is 1. The zero-order valence-electron chi connectivity index (χ0n) is 15.2. The number of aliphatic hydroxyl groups is 1. The monoisotopic (exact) mass is 351 g/mol. The number of likely N-dealkylation sites (tertiary alicyclic amines) is 1. The third kappa shape index (κ3) is 3.50. The van der Waals surface area contributed by atoms with Gasteiger partial charge in [-0.15, -0.1) is 0 Å². The van der Waals surface area contributed by atoms with Crippen molar-refractivity contribution in [2.45, 2.75) is 31.9 Å². The smallest absolute Gasteiger partial charge is 0.255 e. The van der Waals surface area contributed by atoms with Gasteiger partial charge in [0.15, 0.2) is 0 Å². The van der Waals surface area contributed by atoms with E-state index in [9.17, 15) is 9.90 Å². The maximum Gasteiger partial charge on any atom is 0.255 e. The van der Waals surface area contributed by atoms with Crippen molar-refractivity contribution in [2.24, 2.45) is 0 Å². The first-order valence-corrected chi connectivity index (χ1v) is 9.26. The minimum Gasteiger partial charge on any atom is -0.387 e. The number of amides is 1. The number of β-amino-alcohol motifs (C(OH)–C–C–N with tert-alkyl or cyclic N) is 1. The molecule has 1 atom stereocenters. The molecule has 1 unspecified atom stereocenters. The average molecular weight is 351 g/mol. The van der Waals surface area contributed by atoms with Crippen LogP contribution < -0.4 is 0 Å². The summed E-state index contributed by atoms with van der Waals surface area (Å²) in [5, 5.41) is 11.1. The van der Waals surface area contributed by atoms with Crippen LogP contribution in [0, 0.1) is 6.92 Å². The van der Waals surface area contributed by atoms with Crippen LogP contribution in [-0.2, 0) is 13.0 Å². The molecular weight excluding hydrogens is 326 g/mol. The highest BCUT2D eigenvalue weighted by Crippen LogP contribution is 2.27. The van der Waals surface area contributed by atoms with Gasteiger partial charge in [0.2, 0.25) is 0 Å². The van der Waals surface area contributed by atoms with Crippen molar-refractivity contribution < 1.29 is 9.90 Å². The lowest BCUT2D eigenvalue weighted by Gasteiger charge is -2.34. The van der Waals surface area contributed by atoms with Gasteiger partial charge in [-0.05, 0) is 43.0 Å². The standard InChI is InChI=1S/C21H25N3O2/c1-16-6-7-18(12-22-16)20(25)24-11-9-21(26,15-24)14-23-10-8-17-4-2-3-5-19(17)13-23/h2-7,12,26H,8-11,13-15H2,1H3. The van der Waals surface area contributed by atoms with Gasteiger partial charge in [-0.1, -0.05) is 24.3 Å². The molecule has 3 heterocycles. The van der Waals surface area contributed by atoms with Gasteiger partial charge in [0, 0.05) is 38.1 Å². The summed E-state index contributed by atoms with van der Waals surface area (Å²) in [5.41, 5.74) is 3.40. The maximum atomic E-state index is 12.7. The molecule has 136 valence electrons. The summed E-state index contributed by atoms with van der Waals surface area (Å²) in [6.45, 7) is 5.31. The van der Waals surface area contributed by atoms with Crippen LogP contribution >= 0.6 is 0 Å². The van der Waals surface area contributed by atoms with Crippen molar-refractivity contribution in [1.82, 2.24) is 14.8 Å². The van der Waals surface area contributed by atoms with Gasteiger partial charge in [-0.3, -0.25) is 14.7 Å². The van der Waals surface area contributed by atoms with Crippen LogP contribution in [-0.4, -0.2) is 57.6 Å². The van der Waals surface area contributed by atoms with Gasteiger partial charge in [0.1, 0.15) is 0 Å². The highest BCUT2D eigenvalue weighted by Gasteiger charge is 2.40. The van der Waals surface area contributed by atoms with Gasteiger partial charge in [-0.25, -0.2) is 0 Å². The van der Waals surface area contributed by atoms with Gasteiger partial charge in [0.25, 0.3) is 5.91 Å². The second kappa shape index (κ2) is 6.82. The van der Waals surface area contributed by atoms with Crippen molar-refractivity contribution in [3.63, 3.8) is 0 Å². The number of hydrogen-bond donors (Lipinski definition) is 1. The quantitative estimate of drug-likeness (QED) is 0.919. The number of pyridine rings is 1. The topological polar surface area (TPSA) is 56.7 Å². The molecule has 0 saturated carbocycles. The van der Waals surface area contributed by atoms with E-state index in [0.29, 0.717) is 31.6 Å². The van der Waals surface area contributed by atoms with E-state index in [1.165, 1.54) is 11.1 Å². The lowest BCUT2D eigenvalue weighted by Crippen LogP contribution is -2.47. The maximum absolute atomic E-state index is 12.7. The van der Waals surface area contributed by atoms with E-state index in [1.807, 2.05) is 19.1 Å². The highest BCUT2D eigenvalue weighted by molar-refractivity contribution is 5.94. The first kappa shape index (κ1) is 17.2. The number of carbonyl (C=O) groups is 1. The Hall–Kier alpha value is -2.24. The molecule has 1 amide bonds. The minimum absolute atomic E-state index is 0.0441. The summed E-state index contributed by atoms with van der Waals surface area (Å²) in [6, 6.07) is 12.2. The number of rotatable bonds is 3. The molecule has 0 radical (unpaired) electrons. The largest absolute Gasteiger partial charge is 0.387 e. The summed E-state index contributed by atoms with van der Waals surface area (Å²) in [4.78, 5) is 20.9. The number of nitrogens with zero attached hydrogens (tertiary/aromatic N) is 3. The van der Waals surface area contributed by atoms with Crippen molar-refractivity contribution in [1.29, 1.82) is 0 Å². The Bertz CT molecular complexity index is 805. The Morgan fingerprint density at radius 1 is 1.19 bits per heavy atom. The summed E-state index contributed by atoms with van der Waals surface area (Å²) < 4.78 is 0. The fourth-order valence-electron chi connectivity index (χ4n) is 4.04. The molecule has 4 rings (SSSR count). The molecular formula is C21H25N3O2. The van der Waals surface area contributed by atoms with E-state index in [-0.39, 0.29) is 5.91 Å². The van der Waals surface area contributed by atoms with Crippen LogP contribution in [0.1, 0.15) is 33.6 Å². The lowest BCUT2D eigenvalue weighted by molar-refractivity contribution is 0.00805. The number of carbonyl (C=O) groups excluding carboxylic acids is 1. The predicted molar refractivity (Wildman–Crippen MR) is 99.9 cm³/mol. The summed E-state index contributed by atoms with van der Waals surface area (Å²) >= 11 is 0. The molecule has 0 aliphatic carbocycles. The van der Waals surface area contributed by atoms with E-state index in [2.05, 4.69) is 34.1 Å². The molecule has 2 aliphatic rings. The average Bonchev–Trinajstić information content (AvgIpc) is 3.03. The van der Waals surface area contributed by atoms with Gasteiger partial charge >= 0.3 is 0 Å². The summed E-state index contributed by atoms with van der Waals surface area (Å²) in [5.74, 6) is -0.0441. The van der Waals surface area contributed by atoms with Crippen LogP contribution in [0.2, 0.25) is 0 Å². The Morgan fingerprint density at radius 2 is 2.00 bits per heavy atom. The fraction of sp³-hybridized carbons (Fsp3) is 0.429. The first-order valence-electron chi connectivity index (χ1n) is 9.26. The van der Waals surface area contributed by atoms with Gasteiger partial charge in [-0.2, -0.15) is 0 Å². The molecule has 2 aliphatic heterocycles. The zero-order valence-corrected chi connectivity index (χ0v) is 15.2. The molecule has 0 spiro atoms. The second-order valence-corrected chi connectivity index (χ2v) is 7.62. The molecule has 1 aromatic heterocycles. The normalized spacial score (nSPS) is 23.1. The van der Waals surface area contributed by atoms with Crippen LogP contribution in [0.25, 0.3) is 0 Å². The number of hydrogen-bond acceptors (Lipinski definition) is 4. The SMILES string of the molecule is Cc1ccc(C(=O)N2CCC(O)(CN3CCc4ccccc4C3)C2)cn1. The first-order chi connectivity index (χ1) is 12.5. The zero-order chi connectivity index (χ0) is 18.1. The van der Waals surface area contributed by atoms with Crippen molar-refractivity contribution >= 4 is 5.91 Å². The molecule has 2 aromatic rings. The van der Waals surface area contributed by atoms with Crippen LogP contribution in [0.5, 0.6) is 0 Å².